The summed E-state index contributed by atoms with van der Waals surface area (Å²) in [5, 5.41) is 20.5. The Morgan fingerprint density at radius 2 is 0.816 bits per heavy atom. The van der Waals surface area contributed by atoms with Crippen LogP contribution in [-0.4, -0.2) is 150 Å². The van der Waals surface area contributed by atoms with Gasteiger partial charge in [0.1, 0.15) is 32.8 Å². The number of hydrogen-bond donors (Lipinski definition) is 6. The molecule has 2 aliphatic rings. The fourth-order valence-electron chi connectivity index (χ4n) is 10.8. The van der Waals surface area contributed by atoms with Gasteiger partial charge < -0.3 is 75.4 Å². The van der Waals surface area contributed by atoms with E-state index in [0.717, 1.165) is 79.0 Å². The van der Waals surface area contributed by atoms with Crippen LogP contribution >= 0.6 is 57.1 Å². The van der Waals surface area contributed by atoms with Crippen LogP contribution in [0.15, 0.2) is 240 Å². The van der Waals surface area contributed by atoms with Gasteiger partial charge in [0, 0.05) is 147 Å². The number of para-hydroxylation sites is 2. The van der Waals surface area contributed by atoms with E-state index in [1.54, 1.807) is 131 Å². The molecule has 2 aliphatic heterocycles. The number of carboxylic acid groups (broad SMARTS) is 1. The van der Waals surface area contributed by atoms with E-state index < -0.39 is 25.0 Å². The summed E-state index contributed by atoms with van der Waals surface area (Å²) < 4.78 is 80.4. The molecule has 0 bridgehead atoms. The Labute approximate surface area is 701 Å². The number of hydrogen-bond acceptors (Lipinski definition) is 21. The van der Waals surface area contributed by atoms with Crippen molar-refractivity contribution in [2.24, 2.45) is 0 Å². The number of rotatable bonds is 22. The summed E-state index contributed by atoms with van der Waals surface area (Å²) in [5.41, 5.74) is 14.4. The monoisotopic (exact) mass is 1690 g/mol. The fourth-order valence-corrected chi connectivity index (χ4v) is 14.0. The summed E-state index contributed by atoms with van der Waals surface area (Å²) in [5.74, 6) is 0.265. The number of nitrogens with zero attached hydrogens (tertiary/aromatic N) is 3. The van der Waals surface area contributed by atoms with Gasteiger partial charge in [0.2, 0.25) is 0 Å². The molecular weight excluding hydrogens is 1600 g/mol. The average Bonchev–Trinajstić information content (AvgIpc) is 0.799. The van der Waals surface area contributed by atoms with Gasteiger partial charge in [0.15, 0.2) is 0 Å². The van der Waals surface area contributed by atoms with Crippen molar-refractivity contribution < 1.29 is 93.9 Å². The standard InChI is InChI=1S/C24H24ClN3O4S.C17H18ClNO3.C15H14ClNO3.C10H14N2.C9H11NO2.C7H6Cl2O3S.Li.H2O/c1-32-22-12-9-19(25)17-23(22)33(30,31)26-20-10-7-18(8-11-20)24(29)28-15-13-27(14-16-28)21-5-3-2-4-6-21;1-3-22-17(20)12-4-7-15(8-5-12)19-11-13-10-14(18)6-9-16(13)21-2;1-20-14-7-4-12(16)8-11(14)9-17-13-5-2-10(3-6-13)15(18)19;1-2-4-10(5-3-1)12-8-6-11-7-9-12;1-2-12-9(11)7-3-5-8(10)6-4-7;1-12-6-3-2-5(8)4-7(6)13(9,10)11;;/h2-12,17,26H,13-16H2,1H3;4-10,19H,3,11H2,1-2H3;2-8,17H,9H2,1H3,(H,18,19);1-5,11H,6-9H2;3-6H,2,10H2,1H3;2-4H,1H3;;1H2/q;;;;;;+1;/p-1. The van der Waals surface area contributed by atoms with E-state index in [0.29, 0.717) is 82.5 Å². The van der Waals surface area contributed by atoms with Crippen molar-refractivity contribution in [1.29, 1.82) is 0 Å². The van der Waals surface area contributed by atoms with Crippen LogP contribution in [0.1, 0.15) is 66.4 Å². The van der Waals surface area contributed by atoms with Crippen molar-refractivity contribution in [1.82, 2.24) is 10.2 Å². The predicted molar refractivity (Wildman–Crippen MR) is 448 cm³/mol. The molecule has 1 amide bonds. The van der Waals surface area contributed by atoms with Gasteiger partial charge in [-0.2, -0.15) is 0 Å². The van der Waals surface area contributed by atoms with Crippen LogP contribution < -0.4 is 74.0 Å². The van der Waals surface area contributed by atoms with Crippen molar-refractivity contribution in [3.63, 3.8) is 0 Å². The largest absolute Gasteiger partial charge is 1.00 e. The second-order valence-electron chi connectivity index (χ2n) is 24.0. The summed E-state index contributed by atoms with van der Waals surface area (Å²) >= 11 is 23.5. The molecule has 24 nitrogen and oxygen atoms in total. The van der Waals surface area contributed by atoms with Crippen LogP contribution in [0.4, 0.5) is 34.1 Å². The van der Waals surface area contributed by atoms with Crippen LogP contribution in [0, 0.1) is 0 Å². The molecule has 32 heteroatoms. The Kier molecular flexibility index (Phi) is 40.0. The minimum absolute atomic E-state index is 0. The molecule has 8 N–H and O–H groups in total. The number of carbonyl (C=O) groups is 4. The number of benzene rings is 10. The zero-order valence-electron chi connectivity index (χ0n) is 63.7. The van der Waals surface area contributed by atoms with Gasteiger partial charge in [-0.3, -0.25) is 9.52 Å². The van der Waals surface area contributed by atoms with Gasteiger partial charge in [0.25, 0.3) is 25.0 Å². The van der Waals surface area contributed by atoms with E-state index in [1.807, 2.05) is 59.5 Å². The van der Waals surface area contributed by atoms with Crippen LogP contribution in [0.2, 0.25) is 20.1 Å². The second-order valence-corrected chi connectivity index (χ2v) is 30.0. The maximum atomic E-state index is 12.9. The molecule has 10 aromatic carbocycles. The Bertz CT molecular complexity index is 4910. The van der Waals surface area contributed by atoms with E-state index >= 15 is 0 Å². The molecule has 0 spiro atoms. The van der Waals surface area contributed by atoms with Crippen molar-refractivity contribution in [2.45, 2.75) is 36.7 Å². The number of methoxy groups -OCH3 is 4. The molecular formula is C82H88Cl5LiN8O16S2. The first-order chi connectivity index (χ1) is 53.8. The first-order valence-electron chi connectivity index (χ1n) is 34.9. The number of carbonyl (C=O) groups excluding carboxylic acids is 3. The normalized spacial score (nSPS) is 12.0. The molecule has 2 fully saturated rings. The molecule has 600 valence electrons. The Morgan fingerprint density at radius 1 is 0.456 bits per heavy atom. The SMILES string of the molecule is CCOC(=O)c1ccc(N)cc1.CCOC(=O)c1ccc(NCc2cc(Cl)ccc2OC)cc1.COc1ccc(Cl)cc1CNc1ccc(C(=O)O)cc1.COc1ccc(Cl)cc1S(=O)(=O)Cl.COc1ccc(Cl)cc1S(=O)(=O)Nc1ccc(C(=O)N2CCN(c3ccccc3)CC2)cc1.[Li+].[OH-].c1ccc(N2CCNCC2)cc1. The van der Waals surface area contributed by atoms with E-state index in [1.165, 1.54) is 50.2 Å². The molecule has 10 aromatic rings. The van der Waals surface area contributed by atoms with Gasteiger partial charge in [-0.1, -0.05) is 82.8 Å². The number of nitrogens with one attached hydrogen (secondary N) is 4. The zero-order valence-corrected chi connectivity index (χ0v) is 69.1. The smallest absolute Gasteiger partial charge is 0.870 e. The van der Waals surface area contributed by atoms with Gasteiger partial charge in [0.05, 0.1) is 58.3 Å². The summed E-state index contributed by atoms with van der Waals surface area (Å²) in [6.07, 6.45) is 0. The van der Waals surface area contributed by atoms with E-state index in [-0.39, 0.29) is 74.1 Å². The topological polar surface area (TPSA) is 326 Å². The molecule has 0 radical (unpaired) electrons. The average molecular weight is 1690 g/mol. The molecule has 2 heterocycles. The molecule has 0 saturated carbocycles. The first kappa shape index (κ1) is 94.5. The van der Waals surface area contributed by atoms with E-state index in [4.69, 9.17) is 96.3 Å². The van der Waals surface area contributed by atoms with Crippen LogP contribution in [-0.2, 0) is 41.6 Å². The number of nitrogen functional groups attached to an aromatic ring is 1. The minimum Gasteiger partial charge on any atom is -0.870 e. The molecule has 0 unspecified atom stereocenters. The maximum absolute atomic E-state index is 12.9. The van der Waals surface area contributed by atoms with Gasteiger partial charge in [-0.05, 0) is 208 Å². The number of halogens is 5. The van der Waals surface area contributed by atoms with E-state index in [2.05, 4.69) is 72.9 Å². The third kappa shape index (κ3) is 30.4. The Morgan fingerprint density at radius 3 is 1.22 bits per heavy atom. The predicted octanol–water partition coefficient (Wildman–Crippen LogP) is 13.6. The number of anilines is 6. The number of ether oxygens (including phenoxy) is 6. The van der Waals surface area contributed by atoms with Crippen LogP contribution in [0.3, 0.4) is 0 Å². The van der Waals surface area contributed by atoms with Gasteiger partial charge >= 0.3 is 36.8 Å². The number of esters is 2. The third-order valence-corrected chi connectivity index (χ3v) is 20.2. The summed E-state index contributed by atoms with van der Waals surface area (Å²) in [7, 11) is 3.40. The van der Waals surface area contributed by atoms with Crippen LogP contribution in [0.5, 0.6) is 23.0 Å². The number of nitrogens with two attached hydrogens (primary N) is 1. The number of amides is 1. The Hall–Kier alpha value is -10.1. The quantitative estimate of drug-likeness (QED) is 0.0159. The summed E-state index contributed by atoms with van der Waals surface area (Å²) in [4.78, 5) is 52.7. The van der Waals surface area contributed by atoms with Crippen molar-refractivity contribution in [2.75, 3.05) is 125 Å². The van der Waals surface area contributed by atoms with Crippen molar-refractivity contribution in [3.8, 4) is 23.0 Å². The van der Waals surface area contributed by atoms with E-state index in [9.17, 15) is 36.0 Å². The zero-order chi connectivity index (χ0) is 81.2. The molecule has 2 saturated heterocycles. The maximum Gasteiger partial charge on any atom is 1.00 e. The minimum atomic E-state index is -3.92. The van der Waals surface area contributed by atoms with Gasteiger partial charge in [-0.15, -0.1) is 0 Å². The summed E-state index contributed by atoms with van der Waals surface area (Å²) in [6, 6.07) is 66.9. The summed E-state index contributed by atoms with van der Waals surface area (Å²) in [6.45, 7) is 12.7. The number of sulfonamides is 1. The fraction of sp³-hybridized carbons (Fsp3) is 0.220. The first-order valence-corrected chi connectivity index (χ1v) is 40.2. The van der Waals surface area contributed by atoms with Crippen molar-refractivity contribution >= 4 is 134 Å². The number of carboxylic acids is 1. The van der Waals surface area contributed by atoms with Gasteiger partial charge in [-0.25, -0.2) is 31.2 Å². The molecule has 0 aliphatic carbocycles. The molecule has 0 atom stereocenters. The molecule has 0 aromatic heterocycles. The molecule has 12 rings (SSSR count). The van der Waals surface area contributed by atoms with Crippen LogP contribution in [0.25, 0.3) is 0 Å². The van der Waals surface area contributed by atoms with Crippen molar-refractivity contribution in [3.05, 3.63) is 284 Å². The molecule has 114 heavy (non-hydrogen) atoms. The number of piperazine rings is 2. The number of aromatic carboxylic acids is 1. The Balaban J connectivity index is 0.000000254. The third-order valence-electron chi connectivity index (χ3n) is 16.5. The second kappa shape index (κ2) is 48.2.